The van der Waals surface area contributed by atoms with Crippen molar-refractivity contribution >= 4 is 0 Å². The smallest absolute Gasteiger partial charge is 0.0200 e. The van der Waals surface area contributed by atoms with Crippen molar-refractivity contribution in [2.45, 2.75) is 53.4 Å². The highest BCUT2D eigenvalue weighted by molar-refractivity contribution is 4.99. The van der Waals surface area contributed by atoms with E-state index in [0.29, 0.717) is 0 Å². The lowest BCUT2D eigenvalue weighted by molar-refractivity contribution is 0.296. The number of rotatable bonds is 3. The molecule has 0 aromatic carbocycles. The molecule has 1 aliphatic heterocycles. The molecule has 1 rings (SSSR count). The van der Waals surface area contributed by atoms with Crippen LogP contribution in [0.25, 0.3) is 0 Å². The zero-order valence-corrected chi connectivity index (χ0v) is 10.9. The summed E-state index contributed by atoms with van der Waals surface area (Å²) < 4.78 is 0. The Hall–Kier alpha value is -0.460. The number of unbranched alkanes of at least 4 members (excludes halogenated alkanes) is 1. The minimum absolute atomic E-state index is 0.861. The molecule has 0 bridgehead atoms. The van der Waals surface area contributed by atoms with Gasteiger partial charge in [0.15, 0.2) is 0 Å². The van der Waals surface area contributed by atoms with E-state index in [4.69, 9.17) is 0 Å². The van der Waals surface area contributed by atoms with Gasteiger partial charge in [0.2, 0.25) is 0 Å². The molecule has 2 atom stereocenters. The summed E-state index contributed by atoms with van der Waals surface area (Å²) >= 11 is 0. The molecule has 15 heavy (non-hydrogen) atoms. The monoisotopic (exact) mass is 209 g/mol. The Morgan fingerprint density at radius 1 is 1.20 bits per heavy atom. The van der Waals surface area contributed by atoms with Gasteiger partial charge in [0.05, 0.1) is 0 Å². The van der Waals surface area contributed by atoms with Crippen LogP contribution in [0.2, 0.25) is 0 Å². The van der Waals surface area contributed by atoms with Gasteiger partial charge in [-0.05, 0) is 38.0 Å². The minimum Gasteiger partial charge on any atom is -0.375 e. The predicted molar refractivity (Wildman–Crippen MR) is 67.8 cm³/mol. The Morgan fingerprint density at radius 2 is 1.73 bits per heavy atom. The fraction of sp³-hybridized carbons (Fsp3) is 0.857. The molecule has 1 heteroatoms. The molecule has 0 aromatic rings. The van der Waals surface area contributed by atoms with Crippen LogP contribution in [0.5, 0.6) is 0 Å². The fourth-order valence-corrected chi connectivity index (χ4v) is 2.35. The van der Waals surface area contributed by atoms with E-state index < -0.39 is 0 Å². The summed E-state index contributed by atoms with van der Waals surface area (Å²) in [4.78, 5) is 2.60. The molecule has 0 saturated carbocycles. The molecule has 2 unspecified atom stereocenters. The van der Waals surface area contributed by atoms with E-state index in [1.807, 2.05) is 0 Å². The molecule has 1 nitrogen and oxygen atoms in total. The van der Waals surface area contributed by atoms with Gasteiger partial charge in [0.1, 0.15) is 0 Å². The van der Waals surface area contributed by atoms with Crippen LogP contribution in [0, 0.1) is 11.8 Å². The summed E-state index contributed by atoms with van der Waals surface area (Å²) in [5, 5.41) is 0. The summed E-state index contributed by atoms with van der Waals surface area (Å²) in [7, 11) is 0. The maximum absolute atomic E-state index is 2.60. The third kappa shape index (κ3) is 4.27. The Kier molecular flexibility index (Phi) is 5.21. The standard InChI is InChI=1S/C14H27N/c1-5-6-7-14(4)15-10-12(2)8-9-13(3)11-15/h7,12-13H,5-6,8-11H2,1-4H3. The van der Waals surface area contributed by atoms with Crippen molar-refractivity contribution in [3.63, 3.8) is 0 Å². The van der Waals surface area contributed by atoms with Gasteiger partial charge in [-0.3, -0.25) is 0 Å². The highest BCUT2D eigenvalue weighted by Gasteiger charge is 2.18. The molecule has 0 spiro atoms. The summed E-state index contributed by atoms with van der Waals surface area (Å²) in [6.07, 6.45) is 7.70. The molecule has 1 aliphatic rings. The van der Waals surface area contributed by atoms with Gasteiger partial charge in [-0.1, -0.05) is 33.3 Å². The molecular formula is C14H27N. The first-order valence-electron chi connectivity index (χ1n) is 6.55. The highest BCUT2D eigenvalue weighted by atomic mass is 15.1. The Balaban J connectivity index is 2.57. The maximum Gasteiger partial charge on any atom is 0.0200 e. The molecule has 0 aliphatic carbocycles. The lowest BCUT2D eigenvalue weighted by Crippen LogP contribution is -2.28. The lowest BCUT2D eigenvalue weighted by atomic mass is 10.0. The van der Waals surface area contributed by atoms with Gasteiger partial charge in [-0.25, -0.2) is 0 Å². The van der Waals surface area contributed by atoms with Crippen LogP contribution in [0.3, 0.4) is 0 Å². The van der Waals surface area contributed by atoms with Gasteiger partial charge in [0, 0.05) is 18.8 Å². The average molecular weight is 209 g/mol. The molecule has 1 saturated heterocycles. The van der Waals surface area contributed by atoms with Gasteiger partial charge >= 0.3 is 0 Å². The lowest BCUT2D eigenvalue weighted by Gasteiger charge is -2.27. The van der Waals surface area contributed by atoms with Crippen LogP contribution in [0.4, 0.5) is 0 Å². The van der Waals surface area contributed by atoms with Crippen molar-refractivity contribution in [2.75, 3.05) is 13.1 Å². The van der Waals surface area contributed by atoms with E-state index in [2.05, 4.69) is 38.7 Å². The molecule has 0 N–H and O–H groups in total. The van der Waals surface area contributed by atoms with Crippen LogP contribution in [0.15, 0.2) is 11.8 Å². The Bertz CT molecular complexity index is 195. The van der Waals surface area contributed by atoms with E-state index in [0.717, 1.165) is 11.8 Å². The van der Waals surface area contributed by atoms with Gasteiger partial charge in [-0.15, -0.1) is 0 Å². The van der Waals surface area contributed by atoms with Crippen molar-refractivity contribution in [3.8, 4) is 0 Å². The highest BCUT2D eigenvalue weighted by Crippen LogP contribution is 2.22. The van der Waals surface area contributed by atoms with Crippen molar-refractivity contribution in [1.29, 1.82) is 0 Å². The van der Waals surface area contributed by atoms with E-state index in [9.17, 15) is 0 Å². The Labute approximate surface area is 95.5 Å². The largest absolute Gasteiger partial charge is 0.375 e. The third-order valence-electron chi connectivity index (χ3n) is 3.44. The molecule has 1 heterocycles. The van der Waals surface area contributed by atoms with Crippen molar-refractivity contribution in [1.82, 2.24) is 4.90 Å². The summed E-state index contributed by atoms with van der Waals surface area (Å²) in [6, 6.07) is 0. The fourth-order valence-electron chi connectivity index (χ4n) is 2.35. The first-order valence-corrected chi connectivity index (χ1v) is 6.55. The second kappa shape index (κ2) is 6.19. The van der Waals surface area contributed by atoms with Gasteiger partial charge < -0.3 is 4.90 Å². The van der Waals surface area contributed by atoms with Gasteiger partial charge in [0.25, 0.3) is 0 Å². The van der Waals surface area contributed by atoms with Crippen molar-refractivity contribution < 1.29 is 0 Å². The molecule has 88 valence electrons. The summed E-state index contributed by atoms with van der Waals surface area (Å²) in [5.74, 6) is 1.72. The maximum atomic E-state index is 2.60. The number of nitrogens with zero attached hydrogens (tertiary/aromatic N) is 1. The van der Waals surface area contributed by atoms with Crippen LogP contribution >= 0.6 is 0 Å². The zero-order valence-electron chi connectivity index (χ0n) is 10.9. The van der Waals surface area contributed by atoms with Crippen LogP contribution < -0.4 is 0 Å². The van der Waals surface area contributed by atoms with Crippen molar-refractivity contribution in [2.24, 2.45) is 11.8 Å². The van der Waals surface area contributed by atoms with Crippen molar-refractivity contribution in [3.05, 3.63) is 11.8 Å². The Morgan fingerprint density at radius 3 is 2.20 bits per heavy atom. The quantitative estimate of drug-likeness (QED) is 0.677. The van der Waals surface area contributed by atoms with E-state index in [-0.39, 0.29) is 0 Å². The van der Waals surface area contributed by atoms with E-state index >= 15 is 0 Å². The molecule has 0 radical (unpaired) electrons. The normalized spacial score (nSPS) is 29.1. The minimum atomic E-state index is 0.861. The number of likely N-dealkylation sites (tertiary alicyclic amines) is 1. The SMILES string of the molecule is CCCC=C(C)N1CC(C)CCC(C)C1. The first kappa shape index (κ1) is 12.6. The topological polar surface area (TPSA) is 3.24 Å². The molecule has 0 aromatic heterocycles. The second-order valence-electron chi connectivity index (χ2n) is 5.33. The van der Waals surface area contributed by atoms with Gasteiger partial charge in [-0.2, -0.15) is 0 Å². The molecule has 1 fully saturated rings. The van der Waals surface area contributed by atoms with Crippen LogP contribution in [-0.2, 0) is 0 Å². The number of allylic oxidation sites excluding steroid dienone is 2. The number of hydrogen-bond donors (Lipinski definition) is 0. The number of hydrogen-bond acceptors (Lipinski definition) is 1. The van der Waals surface area contributed by atoms with E-state index in [1.54, 1.807) is 0 Å². The average Bonchev–Trinajstić information content (AvgIpc) is 2.37. The third-order valence-corrected chi connectivity index (χ3v) is 3.44. The van der Waals surface area contributed by atoms with E-state index in [1.165, 1.54) is 44.5 Å². The summed E-state index contributed by atoms with van der Waals surface area (Å²) in [6.45, 7) is 11.8. The van der Waals surface area contributed by atoms with Crippen LogP contribution in [-0.4, -0.2) is 18.0 Å². The second-order valence-corrected chi connectivity index (χ2v) is 5.33. The first-order chi connectivity index (χ1) is 7.13. The van der Waals surface area contributed by atoms with Crippen LogP contribution in [0.1, 0.15) is 53.4 Å². The summed E-state index contributed by atoms with van der Waals surface area (Å²) in [5.41, 5.74) is 1.50. The molecule has 0 amide bonds. The molecular weight excluding hydrogens is 182 g/mol. The predicted octanol–water partition coefficient (Wildman–Crippen LogP) is 4.06. The zero-order chi connectivity index (χ0) is 11.3.